The second-order valence-electron chi connectivity index (χ2n) is 7.72. The highest BCUT2D eigenvalue weighted by atomic mass is 79.9. The van der Waals surface area contributed by atoms with Crippen LogP contribution in [0, 0.1) is 11.3 Å². The molecule has 2 aromatic heterocycles. The largest absolute Gasteiger partial charge is 0.480 e. The van der Waals surface area contributed by atoms with E-state index in [1.54, 1.807) is 30.5 Å². The van der Waals surface area contributed by atoms with Crippen molar-refractivity contribution in [3.8, 4) is 17.7 Å². The Morgan fingerprint density at radius 2 is 2.09 bits per heavy atom. The Morgan fingerprint density at radius 3 is 2.74 bits per heavy atom. The number of nitrogens with zero attached hydrogens (tertiary/aromatic N) is 5. The molecule has 0 amide bonds. The van der Waals surface area contributed by atoms with Crippen LogP contribution in [0.2, 0.25) is 0 Å². The fraction of sp³-hybridized carbons (Fsp3) is 0.273. The molecule has 0 aliphatic heterocycles. The summed E-state index contributed by atoms with van der Waals surface area (Å²) in [4.78, 5) is 15.3. The average Bonchev–Trinajstić information content (AvgIpc) is 3.22. The van der Waals surface area contributed by atoms with E-state index in [-0.39, 0.29) is 17.3 Å². The molecule has 0 fully saturated rings. The molecule has 1 atom stereocenters. The number of nitriles is 1. The number of pyridine rings is 1. The fourth-order valence-electron chi connectivity index (χ4n) is 3.90. The van der Waals surface area contributed by atoms with Crippen molar-refractivity contribution >= 4 is 31.9 Å². The summed E-state index contributed by atoms with van der Waals surface area (Å²) in [6.45, 7) is -0.268. The van der Waals surface area contributed by atoms with Gasteiger partial charge in [0.15, 0.2) is 0 Å². The van der Waals surface area contributed by atoms with Crippen LogP contribution in [0.25, 0.3) is 0 Å². The maximum Gasteiger partial charge on any atom is 0.325 e. The van der Waals surface area contributed by atoms with E-state index in [0.717, 1.165) is 5.69 Å². The smallest absolute Gasteiger partial charge is 0.325 e. The number of sulfonamides is 1. The number of aliphatic carboxylic acids is 1. The number of hydrogen-bond donors (Lipinski definition) is 1. The minimum atomic E-state index is -3.92. The topological polar surface area (TPSA) is 138 Å². The lowest BCUT2D eigenvalue weighted by Crippen LogP contribution is -2.33. The first kappa shape index (κ1) is 23.9. The van der Waals surface area contributed by atoms with Gasteiger partial charge in [0.1, 0.15) is 17.2 Å². The molecule has 4 rings (SSSR count). The number of hydrogen-bond acceptors (Lipinski definition) is 7. The Labute approximate surface area is 204 Å². The van der Waals surface area contributed by atoms with Crippen molar-refractivity contribution < 1.29 is 23.1 Å². The Hall–Kier alpha value is -3.27. The van der Waals surface area contributed by atoms with Gasteiger partial charge in [-0.2, -0.15) is 14.7 Å². The number of rotatable bonds is 7. The molecule has 1 aliphatic rings. The van der Waals surface area contributed by atoms with Crippen LogP contribution in [-0.4, -0.2) is 45.6 Å². The van der Waals surface area contributed by atoms with Crippen LogP contribution in [0.1, 0.15) is 35.7 Å². The van der Waals surface area contributed by atoms with Gasteiger partial charge in [-0.3, -0.25) is 9.48 Å². The van der Waals surface area contributed by atoms with Crippen molar-refractivity contribution in [2.75, 3.05) is 7.05 Å². The van der Waals surface area contributed by atoms with Gasteiger partial charge in [-0.05, 0) is 65.5 Å². The molecular weight excluding hydrogens is 526 g/mol. The van der Waals surface area contributed by atoms with Crippen molar-refractivity contribution in [2.24, 2.45) is 0 Å². The van der Waals surface area contributed by atoms with Crippen LogP contribution in [0.15, 0.2) is 52.1 Å². The molecule has 0 saturated carbocycles. The van der Waals surface area contributed by atoms with Crippen molar-refractivity contribution in [2.45, 2.75) is 36.7 Å². The summed E-state index contributed by atoms with van der Waals surface area (Å²) in [5.41, 5.74) is 1.95. The third kappa shape index (κ3) is 4.68. The molecule has 0 unspecified atom stereocenters. The van der Waals surface area contributed by atoms with Gasteiger partial charge in [0.25, 0.3) is 0 Å². The standard InChI is InChI=1S/C22H20BrN5O5S/c1-27(19-3-2-4-20-17(19)12-26-28(20)13-21(29)30)34(31,32)16-9-18(23)22(25-11-16)33-15-7-5-14(10-24)6-8-15/h5-9,11-12,19H,2-4,13H2,1H3,(H,29,30)/t19-/m1/s1. The molecule has 3 aromatic rings. The second kappa shape index (κ2) is 9.54. The van der Waals surface area contributed by atoms with Gasteiger partial charge in [-0.25, -0.2) is 13.4 Å². The zero-order chi connectivity index (χ0) is 24.5. The number of carboxylic acid groups (broad SMARTS) is 1. The van der Waals surface area contributed by atoms with Crippen LogP contribution in [0.5, 0.6) is 11.6 Å². The maximum absolute atomic E-state index is 13.4. The van der Waals surface area contributed by atoms with E-state index < -0.39 is 22.0 Å². The van der Waals surface area contributed by atoms with Crippen molar-refractivity contribution in [1.82, 2.24) is 19.1 Å². The number of fused-ring (bicyclic) bond motifs is 1. The van der Waals surface area contributed by atoms with Gasteiger partial charge >= 0.3 is 5.97 Å². The first-order valence-electron chi connectivity index (χ1n) is 10.3. The zero-order valence-electron chi connectivity index (χ0n) is 18.0. The highest BCUT2D eigenvalue weighted by Gasteiger charge is 2.34. The van der Waals surface area contributed by atoms with E-state index >= 15 is 0 Å². The van der Waals surface area contributed by atoms with E-state index in [4.69, 9.17) is 15.1 Å². The van der Waals surface area contributed by atoms with Crippen molar-refractivity contribution in [1.29, 1.82) is 5.26 Å². The maximum atomic E-state index is 13.4. The normalized spacial score (nSPS) is 15.5. The van der Waals surface area contributed by atoms with Gasteiger partial charge in [0, 0.05) is 18.3 Å². The minimum absolute atomic E-state index is 0.0147. The van der Waals surface area contributed by atoms with E-state index in [1.807, 2.05) is 6.07 Å². The van der Waals surface area contributed by atoms with Crippen molar-refractivity contribution in [3.05, 3.63) is 64.0 Å². The molecule has 0 bridgehead atoms. The third-order valence-corrected chi connectivity index (χ3v) is 8.01. The fourth-order valence-corrected chi connectivity index (χ4v) is 5.82. The first-order valence-corrected chi connectivity index (χ1v) is 12.5. The van der Waals surface area contributed by atoms with Gasteiger partial charge in [0.05, 0.1) is 34.5 Å². The molecule has 1 aliphatic carbocycles. The van der Waals surface area contributed by atoms with Gasteiger partial charge in [0.2, 0.25) is 15.9 Å². The first-order chi connectivity index (χ1) is 16.2. The lowest BCUT2D eigenvalue weighted by Gasteiger charge is -2.30. The Morgan fingerprint density at radius 1 is 1.35 bits per heavy atom. The van der Waals surface area contributed by atoms with E-state index in [0.29, 0.717) is 40.6 Å². The summed E-state index contributed by atoms with van der Waals surface area (Å²) in [5.74, 6) is -0.373. The zero-order valence-corrected chi connectivity index (χ0v) is 20.5. The van der Waals surface area contributed by atoms with Crippen LogP contribution in [-0.2, 0) is 27.8 Å². The van der Waals surface area contributed by atoms with Gasteiger partial charge in [-0.15, -0.1) is 0 Å². The van der Waals surface area contributed by atoms with Gasteiger partial charge < -0.3 is 9.84 Å². The molecule has 2 heterocycles. The van der Waals surface area contributed by atoms with Gasteiger partial charge in [-0.1, -0.05) is 0 Å². The second-order valence-corrected chi connectivity index (χ2v) is 10.6. The van der Waals surface area contributed by atoms with Crippen LogP contribution in [0.3, 0.4) is 0 Å². The Kier molecular flexibility index (Phi) is 6.70. The molecule has 34 heavy (non-hydrogen) atoms. The van der Waals surface area contributed by atoms with Crippen LogP contribution < -0.4 is 4.74 Å². The SMILES string of the molecule is CN([C@@H]1CCCc2c1cnn2CC(=O)O)S(=O)(=O)c1cnc(Oc2ccc(C#N)cc2)c(Br)c1. The van der Waals surface area contributed by atoms with Crippen LogP contribution in [0.4, 0.5) is 0 Å². The summed E-state index contributed by atoms with van der Waals surface area (Å²) < 4.78 is 35.5. The Balaban J connectivity index is 1.57. The lowest BCUT2D eigenvalue weighted by atomic mass is 9.93. The molecule has 0 spiro atoms. The van der Waals surface area contributed by atoms with E-state index in [9.17, 15) is 13.2 Å². The number of carboxylic acids is 1. The number of ether oxygens (including phenoxy) is 1. The monoisotopic (exact) mass is 545 g/mol. The highest BCUT2D eigenvalue weighted by molar-refractivity contribution is 9.10. The number of carbonyl (C=O) groups is 1. The molecule has 1 aromatic carbocycles. The number of halogens is 1. The highest BCUT2D eigenvalue weighted by Crippen LogP contribution is 2.37. The molecule has 0 radical (unpaired) electrons. The summed E-state index contributed by atoms with van der Waals surface area (Å²) in [5, 5.41) is 22.2. The summed E-state index contributed by atoms with van der Waals surface area (Å²) >= 11 is 3.33. The minimum Gasteiger partial charge on any atom is -0.480 e. The average molecular weight is 546 g/mol. The molecule has 1 N–H and O–H groups in total. The summed E-state index contributed by atoms with van der Waals surface area (Å²) in [6, 6.07) is 9.43. The summed E-state index contributed by atoms with van der Waals surface area (Å²) in [7, 11) is -2.42. The molecule has 12 heteroatoms. The van der Waals surface area contributed by atoms with Crippen LogP contribution >= 0.6 is 15.9 Å². The number of aromatic nitrogens is 3. The van der Waals surface area contributed by atoms with E-state index in [2.05, 4.69) is 26.0 Å². The Bertz CT molecular complexity index is 1380. The molecular formula is C22H20BrN5O5S. The molecule has 0 saturated heterocycles. The lowest BCUT2D eigenvalue weighted by molar-refractivity contribution is -0.137. The molecule has 176 valence electrons. The summed E-state index contributed by atoms with van der Waals surface area (Å²) in [6.07, 6.45) is 4.73. The molecule has 10 nitrogen and oxygen atoms in total. The van der Waals surface area contributed by atoms with E-state index in [1.165, 1.54) is 28.3 Å². The quantitative estimate of drug-likeness (QED) is 0.475. The predicted octanol–water partition coefficient (Wildman–Crippen LogP) is 3.49. The van der Waals surface area contributed by atoms with Crippen molar-refractivity contribution in [3.63, 3.8) is 0 Å². The number of benzene rings is 1. The predicted molar refractivity (Wildman–Crippen MR) is 124 cm³/mol. The third-order valence-electron chi connectivity index (χ3n) is 5.61.